The van der Waals surface area contributed by atoms with Crippen LogP contribution in [0.5, 0.6) is 0 Å². The lowest BCUT2D eigenvalue weighted by Gasteiger charge is -2.04. The highest BCUT2D eigenvalue weighted by Crippen LogP contribution is 2.37. The fourth-order valence-corrected chi connectivity index (χ4v) is 4.31. The first kappa shape index (κ1) is 15.5. The molecule has 0 fully saturated rings. The molecule has 2 heterocycles. The molecule has 2 nitrogen and oxygen atoms in total. The Morgan fingerprint density at radius 1 is 0.714 bits per heavy atom. The molecule has 134 valence electrons. The summed E-state index contributed by atoms with van der Waals surface area (Å²) in [6.07, 6.45) is 1.04. The molecule has 0 radical (unpaired) electrons. The van der Waals surface area contributed by atoms with Gasteiger partial charge in [0.2, 0.25) is 0 Å². The van der Waals surface area contributed by atoms with Crippen LogP contribution in [0.3, 0.4) is 0 Å². The molecule has 2 heteroatoms. The number of hydrogen-bond donors (Lipinski definition) is 1. The van der Waals surface area contributed by atoms with Gasteiger partial charge < -0.3 is 9.40 Å². The Morgan fingerprint density at radius 3 is 2.39 bits per heavy atom. The lowest BCUT2D eigenvalue weighted by atomic mass is 10.00. The monoisotopic (exact) mass is 361 g/mol. The lowest BCUT2D eigenvalue weighted by molar-refractivity contribution is 0.670. The van der Waals surface area contributed by atoms with Gasteiger partial charge in [0.25, 0.3) is 0 Å². The quantitative estimate of drug-likeness (QED) is 0.341. The van der Waals surface area contributed by atoms with Crippen molar-refractivity contribution in [3.05, 3.63) is 84.4 Å². The summed E-state index contributed by atoms with van der Waals surface area (Å²) in [6, 6.07) is 28.0. The van der Waals surface area contributed by atoms with E-state index in [1.807, 2.05) is 12.1 Å². The van der Waals surface area contributed by atoms with Crippen LogP contribution in [0.15, 0.2) is 83.3 Å². The summed E-state index contributed by atoms with van der Waals surface area (Å²) < 4.78 is 6.25. The highest BCUT2D eigenvalue weighted by Gasteiger charge is 2.13. The number of benzene rings is 4. The normalized spacial score (nSPS) is 11.9. The van der Waals surface area contributed by atoms with Gasteiger partial charge in [-0.1, -0.05) is 55.5 Å². The van der Waals surface area contributed by atoms with Gasteiger partial charge in [-0.15, -0.1) is 0 Å². The van der Waals surface area contributed by atoms with Crippen molar-refractivity contribution in [1.82, 2.24) is 4.98 Å². The largest absolute Gasteiger partial charge is 0.455 e. The minimum absolute atomic E-state index is 0.936. The van der Waals surface area contributed by atoms with Crippen LogP contribution in [-0.2, 0) is 6.42 Å². The summed E-state index contributed by atoms with van der Waals surface area (Å²) in [4.78, 5) is 3.54. The third-order valence-corrected chi connectivity index (χ3v) is 5.79. The minimum atomic E-state index is 0.936. The maximum absolute atomic E-state index is 6.25. The van der Waals surface area contributed by atoms with Crippen LogP contribution in [0.1, 0.15) is 12.5 Å². The molecule has 2 aromatic heterocycles. The van der Waals surface area contributed by atoms with E-state index in [1.54, 1.807) is 0 Å². The van der Waals surface area contributed by atoms with E-state index in [-0.39, 0.29) is 0 Å². The van der Waals surface area contributed by atoms with Gasteiger partial charge in [-0.3, -0.25) is 0 Å². The highest BCUT2D eigenvalue weighted by molar-refractivity contribution is 6.12. The van der Waals surface area contributed by atoms with Crippen molar-refractivity contribution in [3.63, 3.8) is 0 Å². The summed E-state index contributed by atoms with van der Waals surface area (Å²) in [5, 5.41) is 4.88. The molecule has 6 aromatic rings. The van der Waals surface area contributed by atoms with Gasteiger partial charge in [0.1, 0.15) is 11.2 Å². The molecule has 0 unspecified atom stereocenters. The number of hydrogen-bond acceptors (Lipinski definition) is 1. The first-order valence-corrected chi connectivity index (χ1v) is 9.77. The Hall–Kier alpha value is -3.52. The van der Waals surface area contributed by atoms with Crippen molar-refractivity contribution >= 4 is 43.7 Å². The zero-order chi connectivity index (χ0) is 18.7. The molecule has 0 atom stereocenters. The van der Waals surface area contributed by atoms with Crippen LogP contribution in [0, 0.1) is 0 Å². The SMILES string of the molecule is CCc1ccc2[nH]c3ccc(-c4cccc5c4oc4ccccc45)cc3c2c1. The van der Waals surface area contributed by atoms with Crippen molar-refractivity contribution in [2.45, 2.75) is 13.3 Å². The standard InChI is InChI=1S/C26H19NO/c1-2-16-10-12-23-21(14-16)22-15-17(11-13-24(22)27-23)18-7-5-8-20-19-6-3-4-9-25(19)28-26(18)20/h3-15,27H,2H2,1H3. The van der Waals surface area contributed by atoms with Crippen LogP contribution >= 0.6 is 0 Å². The number of nitrogens with one attached hydrogen (secondary N) is 1. The van der Waals surface area contributed by atoms with Gasteiger partial charge in [-0.25, -0.2) is 0 Å². The topological polar surface area (TPSA) is 28.9 Å². The Bertz CT molecular complexity index is 1500. The van der Waals surface area contributed by atoms with E-state index in [2.05, 4.69) is 78.6 Å². The average Bonchev–Trinajstić information content (AvgIpc) is 3.30. The molecular weight excluding hydrogens is 342 g/mol. The highest BCUT2D eigenvalue weighted by atomic mass is 16.3. The number of para-hydroxylation sites is 2. The van der Waals surface area contributed by atoms with E-state index in [1.165, 1.54) is 43.7 Å². The molecule has 1 N–H and O–H groups in total. The number of fused-ring (bicyclic) bond motifs is 6. The smallest absolute Gasteiger partial charge is 0.143 e. The third kappa shape index (κ3) is 2.15. The van der Waals surface area contributed by atoms with Crippen LogP contribution in [0.4, 0.5) is 0 Å². The molecule has 4 aromatic carbocycles. The number of rotatable bonds is 2. The average molecular weight is 361 g/mol. The maximum Gasteiger partial charge on any atom is 0.143 e. The van der Waals surface area contributed by atoms with Gasteiger partial charge >= 0.3 is 0 Å². The molecule has 0 spiro atoms. The number of aryl methyl sites for hydroxylation is 1. The van der Waals surface area contributed by atoms with E-state index in [0.717, 1.165) is 23.2 Å². The number of furan rings is 1. The first-order chi connectivity index (χ1) is 13.8. The van der Waals surface area contributed by atoms with Gasteiger partial charge in [-0.2, -0.15) is 0 Å². The second-order valence-corrected chi connectivity index (χ2v) is 7.40. The number of H-pyrrole nitrogens is 1. The van der Waals surface area contributed by atoms with Gasteiger partial charge in [0, 0.05) is 38.1 Å². The Balaban J connectivity index is 1.65. The van der Waals surface area contributed by atoms with E-state index in [9.17, 15) is 0 Å². The summed E-state index contributed by atoms with van der Waals surface area (Å²) in [7, 11) is 0. The summed E-state index contributed by atoms with van der Waals surface area (Å²) in [5.74, 6) is 0. The van der Waals surface area contributed by atoms with Crippen LogP contribution in [0.25, 0.3) is 54.9 Å². The maximum atomic E-state index is 6.25. The molecule has 0 aliphatic heterocycles. The second kappa shape index (κ2) is 5.74. The van der Waals surface area contributed by atoms with Crippen molar-refractivity contribution < 1.29 is 4.42 Å². The molecule has 28 heavy (non-hydrogen) atoms. The molecule has 0 saturated heterocycles. The molecule has 0 aliphatic rings. The van der Waals surface area contributed by atoms with Gasteiger partial charge in [0.15, 0.2) is 0 Å². The number of aromatic amines is 1. The predicted octanol–water partition coefficient (Wildman–Crippen LogP) is 7.45. The fourth-order valence-electron chi connectivity index (χ4n) is 4.31. The first-order valence-electron chi connectivity index (χ1n) is 9.77. The van der Waals surface area contributed by atoms with Gasteiger partial charge in [0.05, 0.1) is 0 Å². The molecule has 6 rings (SSSR count). The van der Waals surface area contributed by atoms with E-state index in [0.29, 0.717) is 0 Å². The molecule has 0 amide bonds. The summed E-state index contributed by atoms with van der Waals surface area (Å²) >= 11 is 0. The minimum Gasteiger partial charge on any atom is -0.455 e. The summed E-state index contributed by atoms with van der Waals surface area (Å²) in [6.45, 7) is 2.20. The van der Waals surface area contributed by atoms with Crippen molar-refractivity contribution in [1.29, 1.82) is 0 Å². The molecule has 0 aliphatic carbocycles. The second-order valence-electron chi connectivity index (χ2n) is 7.40. The van der Waals surface area contributed by atoms with Crippen LogP contribution in [-0.4, -0.2) is 4.98 Å². The van der Waals surface area contributed by atoms with E-state index >= 15 is 0 Å². The Labute approximate surface area is 162 Å². The third-order valence-electron chi connectivity index (χ3n) is 5.79. The zero-order valence-corrected chi connectivity index (χ0v) is 15.6. The lowest BCUT2D eigenvalue weighted by Crippen LogP contribution is -1.80. The summed E-state index contributed by atoms with van der Waals surface area (Å²) in [5.41, 5.74) is 7.92. The Kier molecular flexibility index (Phi) is 3.18. The molecule has 0 bridgehead atoms. The number of aromatic nitrogens is 1. The van der Waals surface area contributed by atoms with Crippen LogP contribution < -0.4 is 0 Å². The van der Waals surface area contributed by atoms with Crippen molar-refractivity contribution in [3.8, 4) is 11.1 Å². The van der Waals surface area contributed by atoms with Crippen molar-refractivity contribution in [2.75, 3.05) is 0 Å². The van der Waals surface area contributed by atoms with E-state index < -0.39 is 0 Å². The van der Waals surface area contributed by atoms with E-state index in [4.69, 9.17) is 4.42 Å². The predicted molar refractivity (Wildman–Crippen MR) is 118 cm³/mol. The molecule has 0 saturated carbocycles. The van der Waals surface area contributed by atoms with Crippen molar-refractivity contribution in [2.24, 2.45) is 0 Å². The van der Waals surface area contributed by atoms with Gasteiger partial charge in [-0.05, 0) is 47.9 Å². The zero-order valence-electron chi connectivity index (χ0n) is 15.6. The molecular formula is C26H19NO. The fraction of sp³-hybridized carbons (Fsp3) is 0.0769. The Morgan fingerprint density at radius 2 is 1.50 bits per heavy atom. The van der Waals surface area contributed by atoms with Crippen LogP contribution in [0.2, 0.25) is 0 Å².